The van der Waals surface area contributed by atoms with E-state index in [1.165, 1.54) is 0 Å². The van der Waals surface area contributed by atoms with Crippen molar-refractivity contribution in [3.05, 3.63) is 108 Å². The zero-order chi connectivity index (χ0) is 22.6. The van der Waals surface area contributed by atoms with Gasteiger partial charge in [-0.1, -0.05) is 66.7 Å². The van der Waals surface area contributed by atoms with E-state index in [0.717, 1.165) is 16.7 Å². The van der Waals surface area contributed by atoms with Crippen LogP contribution in [0.2, 0.25) is 0 Å². The molecule has 2 amide bonds. The number of nitrogens with one attached hydrogen (secondary N) is 2. The number of amides is 2. The minimum atomic E-state index is -0.558. The summed E-state index contributed by atoms with van der Waals surface area (Å²) in [5.41, 5.74) is 4.26. The highest BCUT2D eigenvalue weighted by Crippen LogP contribution is 2.23. The Hall–Kier alpha value is -3.90. The fourth-order valence-electron chi connectivity index (χ4n) is 3.12. The number of carbonyl (C=O) groups excluding carboxylic acids is 2. The summed E-state index contributed by atoms with van der Waals surface area (Å²) < 4.78 is 5.30. The van der Waals surface area contributed by atoms with Gasteiger partial charge in [-0.2, -0.15) is 0 Å². The van der Waals surface area contributed by atoms with Crippen molar-refractivity contribution >= 4 is 23.3 Å². The molecule has 0 aromatic heterocycles. The molecule has 0 atom stereocenters. The van der Waals surface area contributed by atoms with Gasteiger partial charge in [0.25, 0.3) is 5.91 Å². The zero-order valence-electron chi connectivity index (χ0n) is 17.7. The number of aliphatic hydroxyl groups is 1. The minimum absolute atomic E-state index is 0.120. The Morgan fingerprint density at radius 1 is 0.812 bits per heavy atom. The summed E-state index contributed by atoms with van der Waals surface area (Å²) in [4.78, 5) is 23.9. The zero-order valence-corrected chi connectivity index (χ0v) is 17.7. The summed E-state index contributed by atoms with van der Waals surface area (Å²) >= 11 is 0. The van der Waals surface area contributed by atoms with Crippen LogP contribution in [0.25, 0.3) is 5.57 Å². The molecule has 0 aliphatic heterocycles. The lowest BCUT2D eigenvalue weighted by Gasteiger charge is -2.10. The topological polar surface area (TPSA) is 87.7 Å². The van der Waals surface area contributed by atoms with Crippen LogP contribution in [-0.4, -0.2) is 36.9 Å². The number of rotatable bonds is 9. The number of benzene rings is 3. The number of anilines is 1. The van der Waals surface area contributed by atoms with E-state index in [0.29, 0.717) is 17.7 Å². The van der Waals surface area contributed by atoms with Gasteiger partial charge >= 0.3 is 6.09 Å². The standard InChI is InChI=1S/C26H26N2O4/c29-18-17-27-25(30)22-13-15-23(16-14-22)28-26(31)32-19-7-12-24(20-8-3-1-4-9-20)21-10-5-2-6-11-21/h1-6,8-16,29H,7,17-19H2,(H,27,30)(H,28,31). The van der Waals surface area contributed by atoms with Crippen LogP contribution < -0.4 is 10.6 Å². The van der Waals surface area contributed by atoms with Crippen LogP contribution in [0.4, 0.5) is 10.5 Å². The molecule has 6 heteroatoms. The second-order valence-corrected chi connectivity index (χ2v) is 6.96. The van der Waals surface area contributed by atoms with Gasteiger partial charge in [0.05, 0.1) is 13.2 Å². The van der Waals surface area contributed by atoms with E-state index >= 15 is 0 Å². The molecule has 0 aliphatic carbocycles. The number of hydrogen-bond acceptors (Lipinski definition) is 4. The van der Waals surface area contributed by atoms with Crippen LogP contribution in [0.15, 0.2) is 91.0 Å². The highest BCUT2D eigenvalue weighted by molar-refractivity contribution is 5.95. The number of aliphatic hydroxyl groups excluding tert-OH is 1. The van der Waals surface area contributed by atoms with Gasteiger partial charge in [0.15, 0.2) is 0 Å². The van der Waals surface area contributed by atoms with Crippen molar-refractivity contribution in [2.75, 3.05) is 25.1 Å². The van der Waals surface area contributed by atoms with Gasteiger partial charge in [-0.3, -0.25) is 10.1 Å². The maximum atomic E-state index is 12.1. The molecular weight excluding hydrogens is 404 g/mol. The van der Waals surface area contributed by atoms with Crippen LogP contribution in [0.1, 0.15) is 27.9 Å². The SMILES string of the molecule is O=C(Nc1ccc(C(=O)NCCO)cc1)OCCC=C(c1ccccc1)c1ccccc1. The molecule has 3 aromatic rings. The Morgan fingerprint density at radius 3 is 1.97 bits per heavy atom. The van der Waals surface area contributed by atoms with Crippen LogP contribution in [0.3, 0.4) is 0 Å². The van der Waals surface area contributed by atoms with Crippen molar-refractivity contribution in [1.29, 1.82) is 0 Å². The van der Waals surface area contributed by atoms with E-state index < -0.39 is 6.09 Å². The maximum absolute atomic E-state index is 12.1. The average Bonchev–Trinajstić information content (AvgIpc) is 2.84. The molecule has 0 saturated heterocycles. The largest absolute Gasteiger partial charge is 0.449 e. The molecular formula is C26H26N2O4. The molecule has 0 fully saturated rings. The summed E-state index contributed by atoms with van der Waals surface area (Å²) in [6, 6.07) is 26.6. The number of hydrogen-bond donors (Lipinski definition) is 3. The quantitative estimate of drug-likeness (QED) is 0.437. The van der Waals surface area contributed by atoms with Gasteiger partial charge in [-0.25, -0.2) is 4.79 Å². The first kappa shape index (κ1) is 22.8. The lowest BCUT2D eigenvalue weighted by molar-refractivity contribution is 0.0944. The number of carbonyl (C=O) groups is 2. The van der Waals surface area contributed by atoms with Crippen LogP contribution in [0, 0.1) is 0 Å². The molecule has 3 N–H and O–H groups in total. The van der Waals surface area contributed by atoms with Gasteiger partial charge in [0.1, 0.15) is 0 Å². The van der Waals surface area contributed by atoms with Crippen LogP contribution >= 0.6 is 0 Å². The van der Waals surface area contributed by atoms with E-state index in [2.05, 4.69) is 41.0 Å². The first-order chi connectivity index (χ1) is 15.7. The lowest BCUT2D eigenvalue weighted by atomic mass is 9.97. The molecule has 0 radical (unpaired) electrons. The number of ether oxygens (including phenoxy) is 1. The minimum Gasteiger partial charge on any atom is -0.449 e. The highest BCUT2D eigenvalue weighted by Gasteiger charge is 2.07. The van der Waals surface area contributed by atoms with Crippen molar-refractivity contribution in [2.45, 2.75) is 6.42 Å². The second-order valence-electron chi connectivity index (χ2n) is 6.96. The van der Waals surface area contributed by atoms with E-state index in [1.807, 2.05) is 36.4 Å². The van der Waals surface area contributed by atoms with Crippen molar-refractivity contribution in [2.24, 2.45) is 0 Å². The fourth-order valence-corrected chi connectivity index (χ4v) is 3.12. The Balaban J connectivity index is 1.53. The summed E-state index contributed by atoms with van der Waals surface area (Å²) in [7, 11) is 0. The normalized spacial score (nSPS) is 10.2. The van der Waals surface area contributed by atoms with E-state index in [-0.39, 0.29) is 25.7 Å². The molecule has 3 aromatic carbocycles. The Bertz CT molecular complexity index is 991. The smallest absolute Gasteiger partial charge is 0.411 e. The van der Waals surface area contributed by atoms with E-state index in [4.69, 9.17) is 9.84 Å². The van der Waals surface area contributed by atoms with Gasteiger partial charge in [0.2, 0.25) is 0 Å². The van der Waals surface area contributed by atoms with Crippen LogP contribution in [-0.2, 0) is 4.74 Å². The average molecular weight is 431 g/mol. The third-order valence-electron chi connectivity index (χ3n) is 4.66. The Labute approximate surface area is 187 Å². The van der Waals surface area contributed by atoms with Crippen molar-refractivity contribution < 1.29 is 19.4 Å². The highest BCUT2D eigenvalue weighted by atomic mass is 16.5. The van der Waals surface area contributed by atoms with Crippen molar-refractivity contribution in [3.63, 3.8) is 0 Å². The first-order valence-corrected chi connectivity index (χ1v) is 10.4. The summed E-state index contributed by atoms with van der Waals surface area (Å²) in [6.45, 7) is 0.303. The van der Waals surface area contributed by atoms with Crippen molar-refractivity contribution in [3.8, 4) is 0 Å². The summed E-state index contributed by atoms with van der Waals surface area (Å²) in [5, 5.41) is 14.0. The molecule has 164 valence electrons. The fraction of sp³-hybridized carbons (Fsp3) is 0.154. The Kier molecular flexibility index (Phi) is 8.60. The van der Waals surface area contributed by atoms with E-state index in [9.17, 15) is 9.59 Å². The van der Waals surface area contributed by atoms with Gasteiger partial charge in [-0.05, 0) is 41.0 Å². The van der Waals surface area contributed by atoms with Crippen molar-refractivity contribution in [1.82, 2.24) is 5.32 Å². The molecule has 32 heavy (non-hydrogen) atoms. The third-order valence-corrected chi connectivity index (χ3v) is 4.66. The maximum Gasteiger partial charge on any atom is 0.411 e. The molecule has 0 heterocycles. The molecule has 6 nitrogen and oxygen atoms in total. The predicted molar refractivity (Wildman–Crippen MR) is 125 cm³/mol. The Morgan fingerprint density at radius 2 is 1.41 bits per heavy atom. The summed E-state index contributed by atoms with van der Waals surface area (Å²) in [6.07, 6.45) is 2.07. The molecule has 0 spiro atoms. The van der Waals surface area contributed by atoms with Gasteiger partial charge in [-0.15, -0.1) is 0 Å². The van der Waals surface area contributed by atoms with E-state index in [1.54, 1.807) is 24.3 Å². The van der Waals surface area contributed by atoms with Gasteiger partial charge < -0.3 is 15.2 Å². The molecule has 0 saturated carbocycles. The first-order valence-electron chi connectivity index (χ1n) is 10.4. The monoisotopic (exact) mass is 430 g/mol. The summed E-state index contributed by atoms with van der Waals surface area (Å²) in [5.74, 6) is -0.285. The molecule has 3 rings (SSSR count). The molecule has 0 bridgehead atoms. The predicted octanol–water partition coefficient (Wildman–Crippen LogP) is 4.48. The van der Waals surface area contributed by atoms with Crippen LogP contribution in [0.5, 0.6) is 0 Å². The third kappa shape index (κ3) is 6.82. The molecule has 0 aliphatic rings. The molecule has 0 unspecified atom stereocenters. The lowest BCUT2D eigenvalue weighted by Crippen LogP contribution is -2.26. The second kappa shape index (κ2) is 12.1. The van der Waals surface area contributed by atoms with Gasteiger partial charge in [0, 0.05) is 24.2 Å².